The largest absolute Gasteiger partial charge is 0.367 e. The van der Waals surface area contributed by atoms with Crippen LogP contribution in [0.1, 0.15) is 11.6 Å². The van der Waals surface area contributed by atoms with E-state index in [1.807, 2.05) is 23.1 Å². The summed E-state index contributed by atoms with van der Waals surface area (Å²) in [5.41, 5.74) is 1.71. The Hall–Kier alpha value is -1.89. The van der Waals surface area contributed by atoms with E-state index in [4.69, 9.17) is 0 Å². The van der Waals surface area contributed by atoms with Crippen molar-refractivity contribution < 1.29 is 13.0 Å². The predicted octanol–water partition coefficient (Wildman–Crippen LogP) is 2.08. The Kier molecular flexibility index (Phi) is 4.15. The Bertz CT molecular complexity index is 747. The highest BCUT2D eigenvalue weighted by atomic mass is 32.2. The number of nitrogens with one attached hydrogen (secondary N) is 1. The van der Waals surface area contributed by atoms with Gasteiger partial charge in [0, 0.05) is 25.7 Å². The minimum Gasteiger partial charge on any atom is -0.367 e. The molecule has 0 aliphatic carbocycles. The number of rotatable bonds is 3. The summed E-state index contributed by atoms with van der Waals surface area (Å²) in [6.45, 7) is 2.09. The van der Waals surface area contributed by atoms with Crippen molar-refractivity contribution in [2.45, 2.75) is 10.9 Å². The molecular formula is C16H18N2O3S. The van der Waals surface area contributed by atoms with Gasteiger partial charge in [0.15, 0.2) is 0 Å². The Balaban J connectivity index is 1.90. The van der Waals surface area contributed by atoms with Crippen molar-refractivity contribution in [2.24, 2.45) is 0 Å². The van der Waals surface area contributed by atoms with Gasteiger partial charge in [-0.1, -0.05) is 42.5 Å². The average Bonchev–Trinajstić information content (AvgIpc) is 2.55. The molecular weight excluding hydrogens is 300 g/mol. The zero-order chi connectivity index (χ0) is 15.6. The Morgan fingerprint density at radius 2 is 1.73 bits per heavy atom. The van der Waals surface area contributed by atoms with Crippen molar-refractivity contribution in [3.63, 3.8) is 0 Å². The lowest BCUT2D eigenvalue weighted by Gasteiger charge is -2.36. The van der Waals surface area contributed by atoms with Crippen LogP contribution in [0.3, 0.4) is 0 Å². The maximum absolute atomic E-state index is 11.6. The summed E-state index contributed by atoms with van der Waals surface area (Å²) in [6, 6.07) is 16.7. The molecule has 3 rings (SSSR count). The standard InChI is InChI=1S/C16H18N2O3S/c19-22(20,21)16-9-5-4-8-15(16)18-11-10-17-14(12-18)13-6-2-1-3-7-13/h1-9,14,17H,10-12H2,(H,19,20,21). The molecule has 1 saturated heterocycles. The summed E-state index contributed by atoms with van der Waals surface area (Å²) in [5.74, 6) is 0. The van der Waals surface area contributed by atoms with Crippen LogP contribution in [0.15, 0.2) is 59.5 Å². The lowest BCUT2D eigenvalue weighted by Crippen LogP contribution is -2.46. The second kappa shape index (κ2) is 6.08. The number of hydrogen-bond donors (Lipinski definition) is 2. The number of para-hydroxylation sites is 1. The molecule has 0 spiro atoms. The van der Waals surface area contributed by atoms with Gasteiger partial charge in [-0.2, -0.15) is 8.42 Å². The van der Waals surface area contributed by atoms with Gasteiger partial charge in [0.25, 0.3) is 10.1 Å². The maximum atomic E-state index is 11.6. The van der Waals surface area contributed by atoms with E-state index in [1.54, 1.807) is 18.2 Å². The second-order valence-electron chi connectivity index (χ2n) is 5.31. The van der Waals surface area contributed by atoms with E-state index in [0.717, 1.165) is 12.1 Å². The highest BCUT2D eigenvalue weighted by Crippen LogP contribution is 2.28. The van der Waals surface area contributed by atoms with Crippen LogP contribution >= 0.6 is 0 Å². The van der Waals surface area contributed by atoms with Crippen LogP contribution in [0.2, 0.25) is 0 Å². The van der Waals surface area contributed by atoms with Crippen LogP contribution in [0.4, 0.5) is 5.69 Å². The Morgan fingerprint density at radius 3 is 2.45 bits per heavy atom. The molecule has 5 nitrogen and oxygen atoms in total. The zero-order valence-electron chi connectivity index (χ0n) is 12.0. The van der Waals surface area contributed by atoms with Gasteiger partial charge in [-0.3, -0.25) is 4.55 Å². The van der Waals surface area contributed by atoms with Gasteiger partial charge in [0.2, 0.25) is 0 Å². The molecule has 2 aromatic carbocycles. The third kappa shape index (κ3) is 3.14. The minimum atomic E-state index is -4.23. The van der Waals surface area contributed by atoms with Crippen molar-refractivity contribution in [1.29, 1.82) is 0 Å². The molecule has 1 aliphatic rings. The van der Waals surface area contributed by atoms with Gasteiger partial charge >= 0.3 is 0 Å². The van der Waals surface area contributed by atoms with Gasteiger partial charge in [0.05, 0.1) is 5.69 Å². The topological polar surface area (TPSA) is 69.6 Å². The smallest absolute Gasteiger partial charge is 0.296 e. The summed E-state index contributed by atoms with van der Waals surface area (Å²) < 4.78 is 32.5. The number of benzene rings is 2. The van der Waals surface area contributed by atoms with Crippen molar-refractivity contribution in [3.05, 3.63) is 60.2 Å². The summed E-state index contributed by atoms with van der Waals surface area (Å²) in [4.78, 5) is 1.96. The minimum absolute atomic E-state index is 0.0382. The predicted molar refractivity (Wildman–Crippen MR) is 85.7 cm³/mol. The molecule has 1 aliphatic heterocycles. The lowest BCUT2D eigenvalue weighted by molar-refractivity contribution is 0.465. The van der Waals surface area contributed by atoms with Crippen molar-refractivity contribution >= 4 is 15.8 Å². The fraction of sp³-hybridized carbons (Fsp3) is 0.250. The molecule has 0 bridgehead atoms. The molecule has 1 heterocycles. The second-order valence-corrected chi connectivity index (χ2v) is 6.70. The molecule has 2 aromatic rings. The number of anilines is 1. The van der Waals surface area contributed by atoms with E-state index in [1.165, 1.54) is 6.07 Å². The monoisotopic (exact) mass is 318 g/mol. The van der Waals surface area contributed by atoms with E-state index < -0.39 is 10.1 Å². The summed E-state index contributed by atoms with van der Waals surface area (Å²) >= 11 is 0. The molecule has 1 atom stereocenters. The van der Waals surface area contributed by atoms with Crippen LogP contribution in [0.5, 0.6) is 0 Å². The normalized spacial score (nSPS) is 19.1. The molecule has 0 saturated carbocycles. The fourth-order valence-corrected chi connectivity index (χ4v) is 3.53. The summed E-state index contributed by atoms with van der Waals surface area (Å²) in [5, 5.41) is 3.44. The summed E-state index contributed by atoms with van der Waals surface area (Å²) in [7, 11) is -4.23. The molecule has 1 fully saturated rings. The summed E-state index contributed by atoms with van der Waals surface area (Å²) in [6.07, 6.45) is 0. The lowest BCUT2D eigenvalue weighted by atomic mass is 10.0. The van der Waals surface area contributed by atoms with E-state index >= 15 is 0 Å². The fourth-order valence-electron chi connectivity index (χ4n) is 2.81. The van der Waals surface area contributed by atoms with Crippen LogP contribution < -0.4 is 10.2 Å². The third-order valence-corrected chi connectivity index (χ3v) is 4.76. The first-order chi connectivity index (χ1) is 10.6. The van der Waals surface area contributed by atoms with Gasteiger partial charge in [-0.05, 0) is 17.7 Å². The molecule has 116 valence electrons. The van der Waals surface area contributed by atoms with Gasteiger partial charge in [-0.25, -0.2) is 0 Å². The zero-order valence-corrected chi connectivity index (χ0v) is 12.8. The molecule has 6 heteroatoms. The Morgan fingerprint density at radius 1 is 1.05 bits per heavy atom. The quantitative estimate of drug-likeness (QED) is 0.848. The van der Waals surface area contributed by atoms with Gasteiger partial charge in [0.1, 0.15) is 4.90 Å². The van der Waals surface area contributed by atoms with E-state index in [9.17, 15) is 13.0 Å². The number of nitrogens with zero attached hydrogens (tertiary/aromatic N) is 1. The molecule has 0 amide bonds. The SMILES string of the molecule is O=S(=O)(O)c1ccccc1N1CCNC(c2ccccc2)C1. The van der Waals surface area contributed by atoms with Crippen LogP contribution in [0.25, 0.3) is 0 Å². The van der Waals surface area contributed by atoms with E-state index in [-0.39, 0.29) is 10.9 Å². The van der Waals surface area contributed by atoms with Gasteiger partial charge < -0.3 is 10.2 Å². The molecule has 22 heavy (non-hydrogen) atoms. The number of hydrogen-bond acceptors (Lipinski definition) is 4. The van der Waals surface area contributed by atoms with Crippen LogP contribution in [-0.4, -0.2) is 32.6 Å². The van der Waals surface area contributed by atoms with Crippen molar-refractivity contribution in [1.82, 2.24) is 5.32 Å². The van der Waals surface area contributed by atoms with Crippen LogP contribution in [-0.2, 0) is 10.1 Å². The first-order valence-corrected chi connectivity index (χ1v) is 8.59. The average molecular weight is 318 g/mol. The Labute approximate surface area is 130 Å². The highest BCUT2D eigenvalue weighted by Gasteiger charge is 2.25. The van der Waals surface area contributed by atoms with Crippen molar-refractivity contribution in [2.75, 3.05) is 24.5 Å². The molecule has 0 aromatic heterocycles. The third-order valence-electron chi connectivity index (χ3n) is 3.86. The number of piperazine rings is 1. The van der Waals surface area contributed by atoms with E-state index in [0.29, 0.717) is 18.8 Å². The maximum Gasteiger partial charge on any atom is 0.296 e. The molecule has 0 radical (unpaired) electrons. The molecule has 1 unspecified atom stereocenters. The van der Waals surface area contributed by atoms with Crippen LogP contribution in [0, 0.1) is 0 Å². The first kappa shape index (κ1) is 15.0. The molecule has 2 N–H and O–H groups in total. The van der Waals surface area contributed by atoms with Crippen molar-refractivity contribution in [3.8, 4) is 0 Å². The van der Waals surface area contributed by atoms with Gasteiger partial charge in [-0.15, -0.1) is 0 Å². The highest BCUT2D eigenvalue weighted by molar-refractivity contribution is 7.86. The first-order valence-electron chi connectivity index (χ1n) is 7.15. The van der Waals surface area contributed by atoms with E-state index in [2.05, 4.69) is 17.4 Å².